The van der Waals surface area contributed by atoms with Crippen molar-refractivity contribution in [3.63, 3.8) is 0 Å². The van der Waals surface area contributed by atoms with E-state index in [1.165, 1.54) is 20.9 Å². The maximum absolute atomic E-state index is 8.80. The fraction of sp³-hybridized carbons (Fsp3) is 0. The number of hydrogen-bond donors (Lipinski definition) is 0. The number of thiophene rings is 2. The maximum atomic E-state index is 8.80. The number of fused-ring (bicyclic) bond motifs is 9. The molecule has 238 valence electrons. The minimum Gasteiger partial charge on any atom is -0.309 e. The molecule has 0 unspecified atom stereocenters. The fourth-order valence-corrected chi connectivity index (χ4v) is 9.54. The Hall–Kier alpha value is -6.21. The summed E-state index contributed by atoms with van der Waals surface area (Å²) in [5.74, 6) is 0.695. The van der Waals surface area contributed by atoms with Crippen LogP contribution in [-0.4, -0.2) is 19.5 Å². The van der Waals surface area contributed by atoms with Crippen LogP contribution in [0.15, 0.2) is 158 Å². The molecule has 4 aromatic heterocycles. The molecule has 0 aliphatic carbocycles. The van der Waals surface area contributed by atoms with Crippen molar-refractivity contribution in [2.45, 2.75) is 0 Å². The Morgan fingerprint density at radius 2 is 1.00 bits per heavy atom. The fourth-order valence-electron chi connectivity index (χ4n) is 7.29. The van der Waals surface area contributed by atoms with Crippen LogP contribution in [0.2, 0.25) is 0 Å². The van der Waals surface area contributed by atoms with Gasteiger partial charge in [0, 0.05) is 67.8 Å². The van der Waals surface area contributed by atoms with Crippen LogP contribution in [0.3, 0.4) is 0 Å². The Morgan fingerprint density at radius 3 is 1.76 bits per heavy atom. The Morgan fingerprint density at radius 1 is 0.431 bits per heavy atom. The molecular formula is C45H26N4S2. The highest BCUT2D eigenvalue weighted by molar-refractivity contribution is 7.26. The SMILES string of the molecule is [2H]c1c([2H])c([2H])c(-c2nc(-c3ccc4c(c3)sc3ccccc34)nc(-c3ccc4sc5cccc(-n6c7ccccc7c7ccccc76)c5c4c3)n2)c([2H])c1[2H]. The van der Waals surface area contributed by atoms with E-state index in [4.69, 9.17) is 21.8 Å². The molecule has 0 amide bonds. The summed E-state index contributed by atoms with van der Waals surface area (Å²) in [4.78, 5) is 14.7. The van der Waals surface area contributed by atoms with Crippen LogP contribution >= 0.6 is 22.7 Å². The number of para-hydroxylation sites is 2. The molecule has 51 heavy (non-hydrogen) atoms. The molecule has 11 rings (SSSR count). The molecule has 0 atom stereocenters. The lowest BCUT2D eigenvalue weighted by atomic mass is 10.1. The molecule has 0 fully saturated rings. The summed E-state index contributed by atoms with van der Waals surface area (Å²) in [6.45, 7) is 0. The summed E-state index contributed by atoms with van der Waals surface area (Å²) in [6, 6.07) is 41.9. The number of aromatic nitrogens is 4. The van der Waals surface area contributed by atoms with E-state index >= 15 is 0 Å². The van der Waals surface area contributed by atoms with Crippen molar-refractivity contribution in [3.05, 3.63) is 158 Å². The van der Waals surface area contributed by atoms with E-state index < -0.39 is 18.1 Å². The van der Waals surface area contributed by atoms with Gasteiger partial charge in [-0.3, -0.25) is 0 Å². The van der Waals surface area contributed by atoms with Gasteiger partial charge in [0.05, 0.1) is 23.6 Å². The molecule has 0 saturated carbocycles. The largest absolute Gasteiger partial charge is 0.309 e. The Kier molecular flexibility index (Phi) is 5.25. The summed E-state index contributed by atoms with van der Waals surface area (Å²) in [5, 5.41) is 6.82. The van der Waals surface area contributed by atoms with Gasteiger partial charge in [0.25, 0.3) is 0 Å². The topological polar surface area (TPSA) is 43.6 Å². The summed E-state index contributed by atoms with van der Waals surface area (Å²) in [6.07, 6.45) is 0. The lowest BCUT2D eigenvalue weighted by Gasteiger charge is -2.11. The molecule has 0 radical (unpaired) electrons. The third kappa shape index (κ3) is 4.47. The van der Waals surface area contributed by atoms with Crippen molar-refractivity contribution in [1.82, 2.24) is 19.5 Å². The highest BCUT2D eigenvalue weighted by Gasteiger charge is 2.19. The van der Waals surface area contributed by atoms with Crippen LogP contribution in [0.1, 0.15) is 6.85 Å². The van der Waals surface area contributed by atoms with Gasteiger partial charge in [0.2, 0.25) is 0 Å². The third-order valence-corrected chi connectivity index (χ3v) is 11.8. The molecule has 0 spiro atoms. The molecule has 0 bridgehead atoms. The van der Waals surface area contributed by atoms with Crippen molar-refractivity contribution in [2.75, 3.05) is 0 Å². The summed E-state index contributed by atoms with van der Waals surface area (Å²) in [5.41, 5.74) is 4.69. The van der Waals surface area contributed by atoms with E-state index in [1.807, 2.05) is 24.3 Å². The van der Waals surface area contributed by atoms with Crippen LogP contribution in [0.25, 0.3) is 102 Å². The van der Waals surface area contributed by atoms with Gasteiger partial charge in [0.1, 0.15) is 0 Å². The average molecular weight is 692 g/mol. The molecular weight excluding hydrogens is 661 g/mol. The Labute approximate surface area is 307 Å². The summed E-state index contributed by atoms with van der Waals surface area (Å²) in [7, 11) is 0. The second-order valence-electron chi connectivity index (χ2n) is 12.4. The van der Waals surface area contributed by atoms with Crippen molar-refractivity contribution in [1.29, 1.82) is 0 Å². The van der Waals surface area contributed by atoms with Crippen LogP contribution in [0, 0.1) is 0 Å². The summed E-state index contributed by atoms with van der Waals surface area (Å²) < 4.78 is 49.5. The first-order chi connectivity index (χ1) is 27.3. The van der Waals surface area contributed by atoms with Crippen LogP contribution in [0.5, 0.6) is 0 Å². The van der Waals surface area contributed by atoms with E-state index in [2.05, 4.69) is 108 Å². The lowest BCUT2D eigenvalue weighted by Crippen LogP contribution is -2.00. The van der Waals surface area contributed by atoms with E-state index in [1.54, 1.807) is 22.7 Å². The second-order valence-corrected chi connectivity index (χ2v) is 14.6. The highest BCUT2D eigenvalue weighted by Crippen LogP contribution is 2.42. The maximum Gasteiger partial charge on any atom is 0.164 e. The van der Waals surface area contributed by atoms with Crippen molar-refractivity contribution in [3.8, 4) is 39.9 Å². The van der Waals surface area contributed by atoms with Crippen LogP contribution < -0.4 is 0 Å². The van der Waals surface area contributed by atoms with Crippen molar-refractivity contribution >= 4 is 84.8 Å². The smallest absolute Gasteiger partial charge is 0.164 e. The number of hydrogen-bond acceptors (Lipinski definition) is 5. The molecule has 4 nitrogen and oxygen atoms in total. The van der Waals surface area contributed by atoms with E-state index in [-0.39, 0.29) is 23.5 Å². The van der Waals surface area contributed by atoms with E-state index in [0.29, 0.717) is 11.6 Å². The molecule has 0 N–H and O–H groups in total. The minimum atomic E-state index is -0.470. The van der Waals surface area contributed by atoms with Gasteiger partial charge >= 0.3 is 0 Å². The van der Waals surface area contributed by atoms with Crippen LogP contribution in [0.4, 0.5) is 0 Å². The quantitative estimate of drug-likeness (QED) is 0.184. The van der Waals surface area contributed by atoms with Gasteiger partial charge in [-0.15, -0.1) is 22.7 Å². The average Bonchev–Trinajstić information content (AvgIpc) is 3.91. The molecule has 0 aliphatic rings. The number of rotatable bonds is 4. The first kappa shape index (κ1) is 24.0. The normalized spacial score (nSPS) is 13.3. The molecule has 11 aromatic rings. The standard InChI is InChI=1S/C45H26N4S2/c1-2-11-27(12-3-1)43-46-44(48-45(47-43)29-21-23-33-32-15-6-9-19-38(32)51-41(33)26-29)28-22-24-39-34(25-28)42-37(18-10-20-40(42)50-39)49-35-16-7-4-13-30(35)31-14-5-8-17-36(31)49/h1-26H/i1D,2D,3D,11D,12D. The predicted molar refractivity (Wildman–Crippen MR) is 216 cm³/mol. The zero-order chi connectivity index (χ0) is 37.8. The lowest BCUT2D eigenvalue weighted by molar-refractivity contribution is 1.08. The molecule has 7 aromatic carbocycles. The van der Waals surface area contributed by atoms with Crippen molar-refractivity contribution < 1.29 is 6.85 Å². The highest BCUT2D eigenvalue weighted by atomic mass is 32.1. The van der Waals surface area contributed by atoms with Gasteiger partial charge in [0.15, 0.2) is 17.5 Å². The minimum absolute atomic E-state index is 0.0136. The third-order valence-electron chi connectivity index (χ3n) is 9.55. The predicted octanol–water partition coefficient (Wildman–Crippen LogP) is 12.7. The first-order valence-electron chi connectivity index (χ1n) is 19.0. The van der Waals surface area contributed by atoms with E-state index in [0.717, 1.165) is 58.1 Å². The number of benzene rings is 7. The Balaban J connectivity index is 1.16. The van der Waals surface area contributed by atoms with Gasteiger partial charge < -0.3 is 4.57 Å². The monoisotopic (exact) mass is 691 g/mol. The molecule has 0 saturated heterocycles. The van der Waals surface area contributed by atoms with Gasteiger partial charge in [-0.1, -0.05) is 103 Å². The summed E-state index contributed by atoms with van der Waals surface area (Å²) >= 11 is 3.41. The zero-order valence-electron chi connectivity index (χ0n) is 31.7. The number of nitrogens with zero attached hydrogens (tertiary/aromatic N) is 4. The second kappa shape index (κ2) is 11.2. The molecule has 4 heterocycles. The van der Waals surface area contributed by atoms with Gasteiger partial charge in [-0.25, -0.2) is 15.0 Å². The molecule has 0 aliphatic heterocycles. The molecule has 6 heteroatoms. The van der Waals surface area contributed by atoms with Gasteiger partial charge in [-0.2, -0.15) is 0 Å². The Bertz CT molecular complexity index is 3380. The van der Waals surface area contributed by atoms with Gasteiger partial charge in [-0.05, 0) is 54.6 Å². The zero-order valence-corrected chi connectivity index (χ0v) is 28.4. The van der Waals surface area contributed by atoms with Crippen LogP contribution in [-0.2, 0) is 0 Å². The van der Waals surface area contributed by atoms with E-state index in [9.17, 15) is 0 Å². The van der Waals surface area contributed by atoms with Crippen molar-refractivity contribution in [2.24, 2.45) is 0 Å². The first-order valence-corrected chi connectivity index (χ1v) is 18.2.